The second-order valence-electron chi connectivity index (χ2n) is 8.67. The quantitative estimate of drug-likeness (QED) is 0.592. The Bertz CT molecular complexity index is 991. The number of piperazine rings is 1. The number of Topliss-reactive ketones (excluding diaryl/α,β-unsaturated/α-hetero) is 1. The van der Waals surface area contributed by atoms with E-state index < -0.39 is 11.9 Å². The van der Waals surface area contributed by atoms with E-state index in [1.54, 1.807) is 11.8 Å². The average Bonchev–Trinajstić information content (AvgIpc) is 2.72. The van der Waals surface area contributed by atoms with Crippen molar-refractivity contribution in [3.05, 3.63) is 52.4 Å². The Morgan fingerprint density at radius 1 is 1.20 bits per heavy atom. The molecule has 0 radical (unpaired) electrons. The maximum absolute atomic E-state index is 13.4. The first-order valence-corrected chi connectivity index (χ1v) is 11.3. The Balaban J connectivity index is 1.99. The molecule has 2 heterocycles. The number of thioether (sulfide) groups is 1. The molecule has 0 spiro atoms. The van der Waals surface area contributed by atoms with Crippen molar-refractivity contribution in [2.24, 2.45) is 5.41 Å². The van der Waals surface area contributed by atoms with Crippen LogP contribution in [0.4, 0.5) is 0 Å². The third-order valence-corrected chi connectivity index (χ3v) is 6.76. The molecule has 0 bridgehead atoms. The highest BCUT2D eigenvalue weighted by atomic mass is 32.2. The molecule has 1 fully saturated rings. The number of rotatable bonds is 3. The highest BCUT2D eigenvalue weighted by molar-refractivity contribution is 7.98. The van der Waals surface area contributed by atoms with Crippen LogP contribution in [0.25, 0.3) is 0 Å². The molecule has 30 heavy (non-hydrogen) atoms. The van der Waals surface area contributed by atoms with Crippen LogP contribution in [0, 0.1) is 5.41 Å². The number of ketones is 1. The van der Waals surface area contributed by atoms with Crippen LogP contribution in [-0.2, 0) is 19.1 Å². The maximum atomic E-state index is 13.4. The summed E-state index contributed by atoms with van der Waals surface area (Å²) in [5, 5.41) is 2.85. The fourth-order valence-electron chi connectivity index (χ4n) is 4.74. The Hall–Kier alpha value is -2.54. The zero-order chi connectivity index (χ0) is 21.6. The number of benzene rings is 1. The SMILES string of the molecule is COC(=O)C1=C2C(=O)NCCN2C2=C(C(=O)CC(C)(C)C2)[C@H]1c1ccc(SC)cc1. The Labute approximate surface area is 180 Å². The summed E-state index contributed by atoms with van der Waals surface area (Å²) in [5.74, 6) is -1.45. The van der Waals surface area contributed by atoms with Crippen molar-refractivity contribution >= 4 is 29.4 Å². The number of nitrogens with one attached hydrogen (secondary N) is 1. The summed E-state index contributed by atoms with van der Waals surface area (Å²) in [7, 11) is 1.31. The highest BCUT2D eigenvalue weighted by Crippen LogP contribution is 2.50. The van der Waals surface area contributed by atoms with Crippen LogP contribution in [0.2, 0.25) is 0 Å². The summed E-state index contributed by atoms with van der Waals surface area (Å²) in [6.07, 6.45) is 3.09. The van der Waals surface area contributed by atoms with Crippen LogP contribution < -0.4 is 5.32 Å². The molecule has 1 aromatic rings. The van der Waals surface area contributed by atoms with Crippen molar-refractivity contribution in [1.82, 2.24) is 10.2 Å². The average molecular weight is 427 g/mol. The number of hydrogen-bond acceptors (Lipinski definition) is 6. The third-order valence-electron chi connectivity index (χ3n) is 6.02. The van der Waals surface area contributed by atoms with Crippen molar-refractivity contribution in [3.63, 3.8) is 0 Å². The van der Waals surface area contributed by atoms with Gasteiger partial charge in [0.2, 0.25) is 0 Å². The lowest BCUT2D eigenvalue weighted by molar-refractivity contribution is -0.137. The Kier molecular flexibility index (Phi) is 5.26. The van der Waals surface area contributed by atoms with Crippen molar-refractivity contribution in [3.8, 4) is 0 Å². The molecule has 3 aliphatic rings. The van der Waals surface area contributed by atoms with Gasteiger partial charge >= 0.3 is 5.97 Å². The van der Waals surface area contributed by atoms with Gasteiger partial charge in [0.15, 0.2) is 5.78 Å². The van der Waals surface area contributed by atoms with Gasteiger partial charge < -0.3 is 15.0 Å². The van der Waals surface area contributed by atoms with E-state index in [0.717, 1.165) is 16.2 Å². The fraction of sp³-hybridized carbons (Fsp3) is 0.435. The second-order valence-corrected chi connectivity index (χ2v) is 9.55. The zero-order valence-electron chi connectivity index (χ0n) is 17.7. The molecule has 1 N–H and O–H groups in total. The number of hydrogen-bond donors (Lipinski definition) is 1. The molecule has 1 aliphatic carbocycles. The number of amides is 1. The fourth-order valence-corrected chi connectivity index (χ4v) is 5.15. The standard InChI is InChI=1S/C23H26N2O4S/c1-23(2)11-15-18(16(26)12-23)17(13-5-7-14(30-4)8-6-13)19(22(28)29-3)20-21(27)24-9-10-25(15)20/h5-8,17H,9-12H2,1-4H3,(H,24,27)/t17-/m1/s1. The molecule has 7 heteroatoms. The number of ether oxygens (including phenoxy) is 1. The predicted octanol–water partition coefficient (Wildman–Crippen LogP) is 3.01. The first-order valence-electron chi connectivity index (χ1n) is 10.1. The predicted molar refractivity (Wildman–Crippen MR) is 115 cm³/mol. The summed E-state index contributed by atoms with van der Waals surface area (Å²) in [6, 6.07) is 7.83. The molecular weight excluding hydrogens is 400 g/mol. The summed E-state index contributed by atoms with van der Waals surface area (Å²) in [4.78, 5) is 42.3. The molecule has 0 saturated carbocycles. The van der Waals surface area contributed by atoms with Gasteiger partial charge in [0.05, 0.1) is 12.7 Å². The first-order chi connectivity index (χ1) is 14.3. The Morgan fingerprint density at radius 3 is 2.53 bits per heavy atom. The number of carbonyl (C=O) groups excluding carboxylic acids is 3. The number of carbonyl (C=O) groups is 3. The molecule has 0 unspecified atom stereocenters. The molecule has 2 aliphatic heterocycles. The van der Waals surface area contributed by atoms with Crippen molar-refractivity contribution in [2.45, 2.75) is 37.5 Å². The van der Waals surface area contributed by atoms with Crippen LogP contribution in [0.1, 0.15) is 38.2 Å². The second kappa shape index (κ2) is 7.61. The topological polar surface area (TPSA) is 75.7 Å². The smallest absolute Gasteiger partial charge is 0.337 e. The number of nitrogens with zero attached hydrogens (tertiary/aromatic N) is 1. The van der Waals surface area contributed by atoms with E-state index in [0.29, 0.717) is 37.2 Å². The van der Waals surface area contributed by atoms with Crippen LogP contribution in [-0.4, -0.2) is 49.0 Å². The van der Waals surface area contributed by atoms with Gasteiger partial charge in [0, 0.05) is 41.6 Å². The minimum Gasteiger partial charge on any atom is -0.466 e. The van der Waals surface area contributed by atoms with E-state index in [9.17, 15) is 14.4 Å². The monoisotopic (exact) mass is 426 g/mol. The number of methoxy groups -OCH3 is 1. The minimum absolute atomic E-state index is 0.0339. The lowest BCUT2D eigenvalue weighted by Crippen LogP contribution is -2.51. The Morgan fingerprint density at radius 2 is 1.90 bits per heavy atom. The number of fused-ring (bicyclic) bond motifs is 2. The van der Waals surface area contributed by atoms with E-state index in [1.165, 1.54) is 7.11 Å². The van der Waals surface area contributed by atoms with Crippen LogP contribution in [0.3, 0.4) is 0 Å². The van der Waals surface area contributed by atoms with Gasteiger partial charge in [-0.15, -0.1) is 11.8 Å². The highest BCUT2D eigenvalue weighted by Gasteiger charge is 2.48. The normalized spacial score (nSPS) is 23.1. The molecule has 1 aromatic carbocycles. The number of allylic oxidation sites excluding steroid dienone is 2. The van der Waals surface area contributed by atoms with Crippen molar-refractivity contribution in [1.29, 1.82) is 0 Å². The number of esters is 1. The van der Waals surface area contributed by atoms with Gasteiger partial charge in [0.25, 0.3) is 5.91 Å². The maximum Gasteiger partial charge on any atom is 0.337 e. The molecule has 0 aromatic heterocycles. The van der Waals surface area contributed by atoms with Crippen LogP contribution >= 0.6 is 11.8 Å². The molecule has 1 amide bonds. The van der Waals surface area contributed by atoms with Crippen LogP contribution in [0.15, 0.2) is 51.7 Å². The molecule has 1 saturated heterocycles. The van der Waals surface area contributed by atoms with E-state index >= 15 is 0 Å². The van der Waals surface area contributed by atoms with Crippen molar-refractivity contribution < 1.29 is 19.1 Å². The van der Waals surface area contributed by atoms with E-state index in [-0.39, 0.29) is 22.7 Å². The van der Waals surface area contributed by atoms with Crippen molar-refractivity contribution in [2.75, 3.05) is 26.5 Å². The molecule has 6 nitrogen and oxygen atoms in total. The molecule has 158 valence electrons. The van der Waals surface area contributed by atoms with E-state index in [1.807, 2.05) is 35.4 Å². The summed E-state index contributed by atoms with van der Waals surface area (Å²) in [6.45, 7) is 5.14. The van der Waals surface area contributed by atoms with E-state index in [2.05, 4.69) is 19.2 Å². The lowest BCUT2D eigenvalue weighted by Gasteiger charge is -2.46. The van der Waals surface area contributed by atoms with Gasteiger partial charge in [-0.2, -0.15) is 0 Å². The summed E-state index contributed by atoms with van der Waals surface area (Å²) < 4.78 is 5.10. The lowest BCUT2D eigenvalue weighted by atomic mass is 9.68. The van der Waals surface area contributed by atoms with Gasteiger partial charge in [-0.1, -0.05) is 26.0 Å². The van der Waals surface area contributed by atoms with E-state index in [4.69, 9.17) is 4.74 Å². The summed E-state index contributed by atoms with van der Waals surface area (Å²) >= 11 is 1.62. The third kappa shape index (κ3) is 3.35. The van der Waals surface area contributed by atoms with Gasteiger partial charge in [-0.25, -0.2) is 4.79 Å². The molecular formula is C23H26N2O4S. The van der Waals surface area contributed by atoms with Crippen LogP contribution in [0.5, 0.6) is 0 Å². The zero-order valence-corrected chi connectivity index (χ0v) is 18.5. The minimum atomic E-state index is -0.609. The van der Waals surface area contributed by atoms with Gasteiger partial charge in [-0.05, 0) is 35.8 Å². The molecule has 1 atom stereocenters. The summed E-state index contributed by atoms with van der Waals surface area (Å²) in [5.41, 5.74) is 2.68. The largest absolute Gasteiger partial charge is 0.466 e. The first kappa shape index (κ1) is 20.7. The van der Waals surface area contributed by atoms with Gasteiger partial charge in [0.1, 0.15) is 5.70 Å². The van der Waals surface area contributed by atoms with Gasteiger partial charge in [-0.3, -0.25) is 9.59 Å². The molecule has 4 rings (SSSR count).